The molecule has 1 aromatic rings. The van der Waals surface area contributed by atoms with Crippen LogP contribution < -0.4 is 10.7 Å². The van der Waals surface area contributed by atoms with Gasteiger partial charge in [0.15, 0.2) is 0 Å². The lowest BCUT2D eigenvalue weighted by molar-refractivity contribution is 0.0495. The molecule has 0 aromatic carbocycles. The first-order valence-electron chi connectivity index (χ1n) is 6.47. The number of hydrogen-bond acceptors (Lipinski definition) is 6. The van der Waals surface area contributed by atoms with E-state index in [2.05, 4.69) is 32.6 Å². The molecule has 0 atom stereocenters. The predicted octanol–water partition coefficient (Wildman–Crippen LogP) is 1.27. The summed E-state index contributed by atoms with van der Waals surface area (Å²) in [4.78, 5) is 8.81. The van der Waals surface area contributed by atoms with Gasteiger partial charge in [-0.25, -0.2) is 9.99 Å². The van der Waals surface area contributed by atoms with Crippen molar-refractivity contribution in [2.45, 2.75) is 20.3 Å². The average Bonchev–Trinajstić information content (AvgIpc) is 2.37. The van der Waals surface area contributed by atoms with Crippen LogP contribution in [0.4, 0.5) is 11.8 Å². The molecule has 0 unspecified atom stereocenters. The van der Waals surface area contributed by atoms with E-state index in [4.69, 9.17) is 4.74 Å². The van der Waals surface area contributed by atoms with Crippen LogP contribution in [0.15, 0.2) is 6.07 Å². The van der Waals surface area contributed by atoms with Gasteiger partial charge >= 0.3 is 0 Å². The number of ether oxygens (including phenoxy) is 1. The molecule has 1 saturated heterocycles. The summed E-state index contributed by atoms with van der Waals surface area (Å²) in [5.74, 6) is 1.52. The molecule has 0 radical (unpaired) electrons. The van der Waals surface area contributed by atoms with Crippen LogP contribution in [-0.4, -0.2) is 47.8 Å². The lowest BCUT2D eigenvalue weighted by atomic mass is 10.4. The zero-order chi connectivity index (χ0) is 12.8. The molecule has 2 N–H and O–H groups in total. The first kappa shape index (κ1) is 13.0. The van der Waals surface area contributed by atoms with E-state index in [1.54, 1.807) is 0 Å². The van der Waals surface area contributed by atoms with Gasteiger partial charge < -0.3 is 15.5 Å². The number of aromatic nitrogens is 2. The maximum absolute atomic E-state index is 5.31. The minimum atomic E-state index is 0.688. The van der Waals surface area contributed by atoms with Crippen LogP contribution in [0.5, 0.6) is 0 Å². The van der Waals surface area contributed by atoms with E-state index in [0.717, 1.165) is 50.8 Å². The number of aryl methyl sites for hydroxylation is 1. The number of nitrogens with one attached hydrogen (secondary N) is 2. The van der Waals surface area contributed by atoms with Crippen LogP contribution >= 0.6 is 0 Å². The highest BCUT2D eigenvalue weighted by Crippen LogP contribution is 2.11. The lowest BCUT2D eigenvalue weighted by Gasteiger charge is -2.27. The average molecular weight is 251 g/mol. The molecule has 0 saturated carbocycles. The Labute approximate surface area is 108 Å². The minimum Gasteiger partial charge on any atom is -0.379 e. The molecular formula is C12H21N5O. The van der Waals surface area contributed by atoms with Crippen LogP contribution in [0, 0.1) is 6.92 Å². The third kappa shape index (κ3) is 3.82. The second-order valence-corrected chi connectivity index (χ2v) is 4.36. The van der Waals surface area contributed by atoms with Crippen molar-refractivity contribution in [1.82, 2.24) is 15.0 Å². The molecule has 6 heteroatoms. The van der Waals surface area contributed by atoms with E-state index in [1.165, 1.54) is 0 Å². The molecule has 0 bridgehead atoms. The fourth-order valence-corrected chi connectivity index (χ4v) is 1.78. The molecule has 1 aliphatic heterocycles. The van der Waals surface area contributed by atoms with Crippen molar-refractivity contribution in [2.75, 3.05) is 43.6 Å². The normalized spacial score (nSPS) is 16.6. The fraction of sp³-hybridized carbons (Fsp3) is 0.667. The summed E-state index contributed by atoms with van der Waals surface area (Å²) in [5, 5.41) is 5.33. The third-order valence-corrected chi connectivity index (χ3v) is 2.67. The molecule has 18 heavy (non-hydrogen) atoms. The first-order valence-corrected chi connectivity index (χ1v) is 6.47. The molecule has 1 aromatic heterocycles. The molecule has 0 amide bonds. The quantitative estimate of drug-likeness (QED) is 0.821. The Balaban J connectivity index is 1.99. The summed E-state index contributed by atoms with van der Waals surface area (Å²) in [5.41, 5.74) is 4.26. The van der Waals surface area contributed by atoms with Crippen molar-refractivity contribution in [1.29, 1.82) is 0 Å². The fourth-order valence-electron chi connectivity index (χ4n) is 1.78. The second-order valence-electron chi connectivity index (χ2n) is 4.36. The number of anilines is 2. The summed E-state index contributed by atoms with van der Waals surface area (Å²) in [6, 6.07) is 1.95. The van der Waals surface area contributed by atoms with Gasteiger partial charge in [0.1, 0.15) is 5.82 Å². The van der Waals surface area contributed by atoms with E-state index in [0.29, 0.717) is 5.95 Å². The topological polar surface area (TPSA) is 62.3 Å². The number of morpholine rings is 1. The van der Waals surface area contributed by atoms with E-state index in [-0.39, 0.29) is 0 Å². The van der Waals surface area contributed by atoms with Gasteiger partial charge in [-0.05, 0) is 13.3 Å². The summed E-state index contributed by atoms with van der Waals surface area (Å²) in [6.07, 6.45) is 1.06. The monoisotopic (exact) mass is 251 g/mol. The van der Waals surface area contributed by atoms with Crippen LogP contribution in [0.2, 0.25) is 0 Å². The number of nitrogens with zero attached hydrogens (tertiary/aromatic N) is 3. The van der Waals surface area contributed by atoms with Gasteiger partial charge in [0, 0.05) is 31.4 Å². The van der Waals surface area contributed by atoms with Crippen molar-refractivity contribution in [3.63, 3.8) is 0 Å². The molecule has 2 heterocycles. The Morgan fingerprint density at radius 2 is 2.11 bits per heavy atom. The molecule has 2 rings (SSSR count). The van der Waals surface area contributed by atoms with Crippen molar-refractivity contribution < 1.29 is 4.74 Å². The van der Waals surface area contributed by atoms with Crippen LogP contribution in [0.3, 0.4) is 0 Å². The van der Waals surface area contributed by atoms with E-state index < -0.39 is 0 Å². The predicted molar refractivity (Wildman–Crippen MR) is 71.6 cm³/mol. The van der Waals surface area contributed by atoms with E-state index in [9.17, 15) is 0 Å². The van der Waals surface area contributed by atoms with Crippen molar-refractivity contribution >= 4 is 11.8 Å². The molecule has 1 aliphatic rings. The number of hydrazine groups is 1. The highest BCUT2D eigenvalue weighted by Gasteiger charge is 2.11. The van der Waals surface area contributed by atoms with Crippen LogP contribution in [0.1, 0.15) is 19.0 Å². The third-order valence-electron chi connectivity index (χ3n) is 2.67. The maximum Gasteiger partial charge on any atom is 0.224 e. The first-order chi connectivity index (χ1) is 8.78. The Morgan fingerprint density at radius 3 is 2.83 bits per heavy atom. The molecule has 0 spiro atoms. The van der Waals surface area contributed by atoms with Crippen LogP contribution in [-0.2, 0) is 4.74 Å². The summed E-state index contributed by atoms with van der Waals surface area (Å²) < 4.78 is 5.31. The Bertz CT molecular complexity index is 379. The molecule has 1 fully saturated rings. The summed E-state index contributed by atoms with van der Waals surface area (Å²) in [7, 11) is 0. The summed E-state index contributed by atoms with van der Waals surface area (Å²) in [6.45, 7) is 8.26. The van der Waals surface area contributed by atoms with Crippen molar-refractivity contribution in [3.05, 3.63) is 11.8 Å². The SMILES string of the molecule is CCCNc1nc(C)cc(NN2CCOCC2)n1. The van der Waals surface area contributed by atoms with Crippen molar-refractivity contribution in [2.24, 2.45) is 0 Å². The smallest absolute Gasteiger partial charge is 0.224 e. The zero-order valence-electron chi connectivity index (χ0n) is 11.1. The Kier molecular flexibility index (Phi) is 4.72. The van der Waals surface area contributed by atoms with Crippen LogP contribution in [0.25, 0.3) is 0 Å². The van der Waals surface area contributed by atoms with Crippen molar-refractivity contribution in [3.8, 4) is 0 Å². The van der Waals surface area contributed by atoms with Gasteiger partial charge in [-0.15, -0.1) is 0 Å². The van der Waals surface area contributed by atoms with Gasteiger partial charge in [0.25, 0.3) is 0 Å². The van der Waals surface area contributed by atoms with Gasteiger partial charge in [-0.2, -0.15) is 4.98 Å². The molecule has 100 valence electrons. The zero-order valence-corrected chi connectivity index (χ0v) is 11.1. The highest BCUT2D eigenvalue weighted by atomic mass is 16.5. The Hall–Kier alpha value is -1.40. The summed E-state index contributed by atoms with van der Waals surface area (Å²) >= 11 is 0. The Morgan fingerprint density at radius 1 is 1.33 bits per heavy atom. The van der Waals surface area contributed by atoms with Gasteiger partial charge in [-0.3, -0.25) is 0 Å². The molecular weight excluding hydrogens is 230 g/mol. The number of hydrogen-bond donors (Lipinski definition) is 2. The highest BCUT2D eigenvalue weighted by molar-refractivity contribution is 5.41. The number of rotatable bonds is 5. The minimum absolute atomic E-state index is 0.688. The van der Waals surface area contributed by atoms with E-state index in [1.807, 2.05) is 13.0 Å². The van der Waals surface area contributed by atoms with Gasteiger partial charge in [0.05, 0.1) is 13.2 Å². The lowest BCUT2D eigenvalue weighted by Crippen LogP contribution is -2.40. The second kappa shape index (κ2) is 6.51. The standard InChI is InChI=1S/C12H21N5O/c1-3-4-13-12-14-10(2)9-11(15-12)16-17-5-7-18-8-6-17/h9H,3-8H2,1-2H3,(H2,13,14,15,16). The molecule has 6 nitrogen and oxygen atoms in total. The molecule has 0 aliphatic carbocycles. The van der Waals surface area contributed by atoms with Gasteiger partial charge in [0.2, 0.25) is 5.95 Å². The largest absolute Gasteiger partial charge is 0.379 e. The van der Waals surface area contributed by atoms with E-state index >= 15 is 0 Å². The van der Waals surface area contributed by atoms with Gasteiger partial charge in [-0.1, -0.05) is 6.92 Å². The maximum atomic E-state index is 5.31.